The summed E-state index contributed by atoms with van der Waals surface area (Å²) in [5.41, 5.74) is 11.2. The van der Waals surface area contributed by atoms with Crippen molar-refractivity contribution in [1.29, 1.82) is 0 Å². The maximum Gasteiger partial charge on any atom is 0.326 e. The molecule has 57 heavy (non-hydrogen) atoms. The Labute approximate surface area is 325 Å². The van der Waals surface area contributed by atoms with Gasteiger partial charge in [-0.3, -0.25) is 43.2 Å². The van der Waals surface area contributed by atoms with Crippen molar-refractivity contribution in [2.45, 2.75) is 102 Å². The predicted octanol–water partition coefficient (Wildman–Crippen LogP) is -4.47. The number of amides is 7. The molecule has 0 aromatic heterocycles. The number of nitrogens with one attached hydrogen (secondary N) is 6. The number of aliphatic carboxylic acids is 3. The summed E-state index contributed by atoms with van der Waals surface area (Å²) in [6, 6.07) is -5.73. The molecule has 7 amide bonds. The largest absolute Gasteiger partial charge is 0.508 e. The van der Waals surface area contributed by atoms with Crippen molar-refractivity contribution in [2.75, 3.05) is 6.61 Å². The third-order valence-electron chi connectivity index (χ3n) is 7.95. The van der Waals surface area contributed by atoms with Crippen LogP contribution in [0.3, 0.4) is 0 Å². The molecule has 1 aromatic carbocycles. The van der Waals surface area contributed by atoms with Gasteiger partial charge in [-0.15, -0.1) is 0 Å². The highest BCUT2D eigenvalue weighted by Crippen LogP contribution is 2.13. The summed E-state index contributed by atoms with van der Waals surface area (Å²) >= 11 is 0. The smallest absolute Gasteiger partial charge is 0.326 e. The lowest BCUT2D eigenvalue weighted by Gasteiger charge is -2.27. The van der Waals surface area contributed by atoms with E-state index in [2.05, 4.69) is 31.9 Å². The van der Waals surface area contributed by atoms with Crippen molar-refractivity contribution in [1.82, 2.24) is 31.9 Å². The maximum absolute atomic E-state index is 13.6. The van der Waals surface area contributed by atoms with Crippen molar-refractivity contribution < 1.29 is 73.5 Å². The van der Waals surface area contributed by atoms with Gasteiger partial charge in [-0.05, 0) is 43.4 Å². The second kappa shape index (κ2) is 23.5. The third kappa shape index (κ3) is 18.2. The number of carbonyl (C=O) groups excluding carboxylic acids is 7. The van der Waals surface area contributed by atoms with Gasteiger partial charge in [-0.25, -0.2) is 4.79 Å². The molecule has 0 aliphatic heterocycles. The number of carbonyl (C=O) groups is 10. The number of primary amides is 1. The Kier molecular flexibility index (Phi) is 20.1. The molecule has 7 atom stereocenters. The molecule has 0 unspecified atom stereocenters. The van der Waals surface area contributed by atoms with Crippen LogP contribution in [0.2, 0.25) is 0 Å². The molecule has 0 spiro atoms. The van der Waals surface area contributed by atoms with Gasteiger partial charge in [0.2, 0.25) is 41.4 Å². The van der Waals surface area contributed by atoms with Crippen LogP contribution in [0.5, 0.6) is 5.75 Å². The second-order valence-corrected chi connectivity index (χ2v) is 13.4. The molecule has 0 aliphatic rings. The first kappa shape index (κ1) is 48.7. The number of aliphatic hydroxyl groups excluding tert-OH is 1. The standard InChI is InChI=1S/C34H50N8O15/c1-15(2)10-21(31(53)38-20(8-9-26(46)47)30(52)41-23(34(56)57)11-17-4-6-18(44)7-5-17)39-32(54)22(13-25(36)45)40-33(55)24(14-43)42-28(50)16(3)37-29(51)19(35)12-27(48)49/h4-7,15-16,19-24,43-44H,8-14,35H2,1-3H3,(H2,36,45)(H,37,51)(H,38,53)(H,39,54)(H,40,55)(H,41,52)(H,42,50)(H,46,47)(H,48,49)(H,56,57)/t16-,19-,20-,21-,22-,23-,24-/m0/s1. The van der Waals surface area contributed by atoms with Crippen LogP contribution < -0.4 is 43.4 Å². The molecule has 0 aliphatic carbocycles. The fraction of sp³-hybridized carbons (Fsp3) is 0.529. The van der Waals surface area contributed by atoms with Gasteiger partial charge in [0.25, 0.3) is 0 Å². The Morgan fingerprint density at radius 1 is 0.614 bits per heavy atom. The lowest BCUT2D eigenvalue weighted by atomic mass is 10.0. The lowest BCUT2D eigenvalue weighted by molar-refractivity contribution is -0.143. The van der Waals surface area contributed by atoms with Crippen molar-refractivity contribution in [3.63, 3.8) is 0 Å². The number of aliphatic hydroxyl groups is 1. The zero-order valence-corrected chi connectivity index (χ0v) is 31.4. The summed E-state index contributed by atoms with van der Waals surface area (Å²) in [6.45, 7) is 3.41. The first-order valence-corrected chi connectivity index (χ1v) is 17.5. The molecule has 15 N–H and O–H groups in total. The van der Waals surface area contributed by atoms with E-state index in [-0.39, 0.29) is 24.5 Å². The van der Waals surface area contributed by atoms with Crippen molar-refractivity contribution >= 4 is 59.3 Å². The quantitative estimate of drug-likeness (QED) is 0.0443. The van der Waals surface area contributed by atoms with Crippen LogP contribution in [0.25, 0.3) is 0 Å². The normalized spacial score (nSPS) is 14.6. The molecule has 0 fully saturated rings. The van der Waals surface area contributed by atoms with E-state index in [1.165, 1.54) is 24.3 Å². The molecule has 23 heteroatoms. The summed E-state index contributed by atoms with van der Waals surface area (Å²) in [7, 11) is 0. The van der Waals surface area contributed by atoms with Crippen molar-refractivity contribution in [2.24, 2.45) is 17.4 Å². The van der Waals surface area contributed by atoms with Gasteiger partial charge in [0.1, 0.15) is 42.0 Å². The number of carboxylic acid groups (broad SMARTS) is 3. The van der Waals surface area contributed by atoms with Gasteiger partial charge in [0.15, 0.2) is 0 Å². The highest BCUT2D eigenvalue weighted by atomic mass is 16.4. The van der Waals surface area contributed by atoms with Gasteiger partial charge in [-0.2, -0.15) is 0 Å². The van der Waals surface area contributed by atoms with Crippen LogP contribution in [-0.4, -0.2) is 134 Å². The van der Waals surface area contributed by atoms with Gasteiger partial charge in [0.05, 0.1) is 25.5 Å². The molecule has 23 nitrogen and oxygen atoms in total. The Morgan fingerprint density at radius 3 is 1.61 bits per heavy atom. The van der Waals surface area contributed by atoms with E-state index < -0.39 is 134 Å². The molecule has 316 valence electrons. The highest BCUT2D eigenvalue weighted by molar-refractivity contribution is 5.98. The molecular formula is C34H50N8O15. The number of phenols is 1. The third-order valence-corrected chi connectivity index (χ3v) is 7.95. The van der Waals surface area contributed by atoms with E-state index in [1.807, 2.05) is 0 Å². The van der Waals surface area contributed by atoms with E-state index in [9.17, 15) is 68.4 Å². The zero-order chi connectivity index (χ0) is 43.6. The van der Waals surface area contributed by atoms with Crippen LogP contribution in [0.15, 0.2) is 24.3 Å². The maximum atomic E-state index is 13.6. The lowest BCUT2D eigenvalue weighted by Crippen LogP contribution is -2.60. The van der Waals surface area contributed by atoms with E-state index in [4.69, 9.17) is 16.6 Å². The number of phenolic OH excluding ortho intramolecular Hbond substituents is 1. The monoisotopic (exact) mass is 810 g/mol. The Bertz CT molecular complexity index is 1640. The first-order valence-electron chi connectivity index (χ1n) is 17.5. The minimum absolute atomic E-state index is 0.0894. The van der Waals surface area contributed by atoms with Gasteiger partial charge in [0, 0.05) is 12.8 Å². The van der Waals surface area contributed by atoms with E-state index >= 15 is 0 Å². The summed E-state index contributed by atoms with van der Waals surface area (Å²) in [5.74, 6) is -12.2. The van der Waals surface area contributed by atoms with Gasteiger partial charge < -0.3 is 68.9 Å². The van der Waals surface area contributed by atoms with Gasteiger partial charge >= 0.3 is 17.9 Å². The Hall–Kier alpha value is -6.36. The van der Waals surface area contributed by atoms with Crippen LogP contribution in [0, 0.1) is 5.92 Å². The molecule has 0 heterocycles. The minimum Gasteiger partial charge on any atom is -0.508 e. The number of aromatic hydroxyl groups is 1. The molecule has 1 aromatic rings. The van der Waals surface area contributed by atoms with Crippen LogP contribution in [0.4, 0.5) is 0 Å². The van der Waals surface area contributed by atoms with Crippen molar-refractivity contribution in [3.05, 3.63) is 29.8 Å². The summed E-state index contributed by atoms with van der Waals surface area (Å²) < 4.78 is 0. The molecule has 0 saturated carbocycles. The van der Waals surface area contributed by atoms with Crippen molar-refractivity contribution in [3.8, 4) is 5.75 Å². The van der Waals surface area contributed by atoms with Crippen LogP contribution >= 0.6 is 0 Å². The number of rotatable bonds is 25. The fourth-order valence-electron chi connectivity index (χ4n) is 4.96. The average Bonchev–Trinajstić information content (AvgIpc) is 3.10. The summed E-state index contributed by atoms with van der Waals surface area (Å²) in [6.07, 6.45) is -3.12. The Morgan fingerprint density at radius 2 is 1.11 bits per heavy atom. The summed E-state index contributed by atoms with van der Waals surface area (Å²) in [5, 5.41) is 60.5. The minimum atomic E-state index is -1.81. The number of carboxylic acids is 3. The zero-order valence-electron chi connectivity index (χ0n) is 31.4. The number of nitrogens with two attached hydrogens (primary N) is 2. The molecule has 1 rings (SSSR count). The van der Waals surface area contributed by atoms with E-state index in [0.29, 0.717) is 5.56 Å². The highest BCUT2D eigenvalue weighted by Gasteiger charge is 2.34. The predicted molar refractivity (Wildman–Crippen MR) is 194 cm³/mol. The summed E-state index contributed by atoms with van der Waals surface area (Å²) in [4.78, 5) is 124. The molecule has 0 bridgehead atoms. The van der Waals surface area contributed by atoms with Crippen LogP contribution in [0.1, 0.15) is 58.4 Å². The molecular weight excluding hydrogens is 760 g/mol. The number of hydrogen-bond donors (Lipinski definition) is 13. The second-order valence-electron chi connectivity index (χ2n) is 13.4. The first-order chi connectivity index (χ1) is 26.5. The SMILES string of the molecule is CC(C)C[C@H](NC(=O)[C@H](CC(N)=O)NC(=O)[C@H](CO)NC(=O)[C@H](C)NC(=O)[C@@H](N)CC(=O)O)C(=O)N[C@@H](CCC(=O)O)C(=O)N[C@@H](Cc1ccc(O)cc1)C(=O)O. The fourth-order valence-corrected chi connectivity index (χ4v) is 4.96. The van der Waals surface area contributed by atoms with Gasteiger partial charge in [-0.1, -0.05) is 26.0 Å². The van der Waals surface area contributed by atoms with Crippen LogP contribution in [-0.2, 0) is 54.4 Å². The van der Waals surface area contributed by atoms with E-state index in [0.717, 1.165) is 6.92 Å². The topological polar surface area (TPSA) is 396 Å². The Balaban J connectivity index is 3.19. The van der Waals surface area contributed by atoms with E-state index in [1.54, 1.807) is 13.8 Å². The number of hydrogen-bond acceptors (Lipinski definition) is 13. The average molecular weight is 811 g/mol. The number of benzene rings is 1. The molecule has 0 radical (unpaired) electrons. The molecule has 0 saturated heterocycles.